The average molecular weight is 316 g/mol. The highest BCUT2D eigenvalue weighted by Crippen LogP contribution is 2.26. The van der Waals surface area contributed by atoms with Crippen LogP contribution in [0, 0.1) is 5.82 Å². The number of anilines is 1. The van der Waals surface area contributed by atoms with Crippen molar-refractivity contribution in [2.75, 3.05) is 32.1 Å². The van der Waals surface area contributed by atoms with Crippen molar-refractivity contribution in [3.63, 3.8) is 0 Å². The summed E-state index contributed by atoms with van der Waals surface area (Å²) in [4.78, 5) is 2.06. The quantitative estimate of drug-likeness (QED) is 0.848. The highest BCUT2D eigenvalue weighted by molar-refractivity contribution is 5.46. The lowest BCUT2D eigenvalue weighted by atomic mass is 9.92. The molecule has 1 unspecified atom stereocenters. The summed E-state index contributed by atoms with van der Waals surface area (Å²) in [6.07, 6.45) is 0.789. The zero-order valence-electron chi connectivity index (χ0n) is 14.1. The molecule has 0 saturated carbocycles. The normalized spacial score (nSPS) is 12.0. The van der Waals surface area contributed by atoms with Crippen LogP contribution in [0.2, 0.25) is 0 Å². The van der Waals surface area contributed by atoms with Crippen LogP contribution in [0.25, 0.3) is 0 Å². The molecule has 0 radical (unpaired) electrons. The van der Waals surface area contributed by atoms with Gasteiger partial charge in [-0.1, -0.05) is 18.2 Å². The second kappa shape index (κ2) is 7.97. The molecule has 1 atom stereocenters. The van der Waals surface area contributed by atoms with Crippen molar-refractivity contribution in [1.29, 1.82) is 0 Å². The molecule has 0 fully saturated rings. The highest BCUT2D eigenvalue weighted by Gasteiger charge is 2.14. The molecular weight excluding hydrogens is 291 g/mol. The summed E-state index contributed by atoms with van der Waals surface area (Å²) >= 11 is 0. The Hall–Kier alpha value is -2.07. The van der Waals surface area contributed by atoms with E-state index in [1.54, 1.807) is 6.07 Å². The Morgan fingerprint density at radius 1 is 1.13 bits per heavy atom. The van der Waals surface area contributed by atoms with E-state index >= 15 is 0 Å². The third-order valence-electron chi connectivity index (χ3n) is 3.95. The lowest BCUT2D eigenvalue weighted by Gasteiger charge is -2.18. The maximum atomic E-state index is 14.0. The van der Waals surface area contributed by atoms with Crippen molar-refractivity contribution in [3.05, 3.63) is 59.4 Å². The number of benzene rings is 2. The molecule has 0 amide bonds. The van der Waals surface area contributed by atoms with E-state index in [9.17, 15) is 4.39 Å². The van der Waals surface area contributed by atoms with Gasteiger partial charge in [0.25, 0.3) is 0 Å². The zero-order valence-corrected chi connectivity index (χ0v) is 14.1. The fourth-order valence-electron chi connectivity index (χ4n) is 2.60. The van der Waals surface area contributed by atoms with Gasteiger partial charge in [-0.2, -0.15) is 0 Å². The molecule has 0 saturated heterocycles. The van der Waals surface area contributed by atoms with Crippen molar-refractivity contribution in [2.24, 2.45) is 5.73 Å². The van der Waals surface area contributed by atoms with E-state index in [-0.39, 0.29) is 11.7 Å². The van der Waals surface area contributed by atoms with Crippen LogP contribution in [0.5, 0.6) is 5.75 Å². The molecule has 23 heavy (non-hydrogen) atoms. The number of halogens is 1. The Bertz CT molecular complexity index is 626. The number of ether oxygens (including phenoxy) is 1. The predicted octanol–water partition coefficient (Wildman–Crippen LogP) is 3.58. The predicted molar refractivity (Wildman–Crippen MR) is 93.8 cm³/mol. The number of hydrogen-bond donors (Lipinski definition) is 1. The molecule has 0 bridgehead atoms. The van der Waals surface area contributed by atoms with E-state index in [0.717, 1.165) is 17.7 Å². The van der Waals surface area contributed by atoms with Gasteiger partial charge in [-0.05, 0) is 55.3 Å². The molecule has 2 aromatic rings. The molecular formula is C19H25FN2O. The van der Waals surface area contributed by atoms with Crippen LogP contribution < -0.4 is 15.4 Å². The monoisotopic (exact) mass is 316 g/mol. The Balaban J connectivity index is 2.14. The molecule has 3 nitrogen and oxygen atoms in total. The van der Waals surface area contributed by atoms with Crippen LogP contribution >= 0.6 is 0 Å². The topological polar surface area (TPSA) is 38.5 Å². The van der Waals surface area contributed by atoms with E-state index in [0.29, 0.717) is 18.9 Å². The van der Waals surface area contributed by atoms with Gasteiger partial charge in [0.05, 0.1) is 6.61 Å². The maximum Gasteiger partial charge on any atom is 0.165 e. The smallest absolute Gasteiger partial charge is 0.165 e. The fraction of sp³-hybridized carbons (Fsp3) is 0.368. The molecule has 2 aromatic carbocycles. The Labute approximate surface area is 137 Å². The van der Waals surface area contributed by atoms with Crippen LogP contribution in [0.3, 0.4) is 0 Å². The van der Waals surface area contributed by atoms with E-state index < -0.39 is 0 Å². The molecule has 0 aliphatic carbocycles. The van der Waals surface area contributed by atoms with Crippen LogP contribution in [0.4, 0.5) is 10.1 Å². The third-order valence-corrected chi connectivity index (χ3v) is 3.95. The van der Waals surface area contributed by atoms with E-state index in [1.807, 2.05) is 27.1 Å². The molecule has 2 N–H and O–H groups in total. The summed E-state index contributed by atoms with van der Waals surface area (Å²) in [5, 5.41) is 0. The largest absolute Gasteiger partial charge is 0.491 e. The summed E-state index contributed by atoms with van der Waals surface area (Å²) in [6, 6.07) is 13.5. The molecule has 0 aromatic heterocycles. The van der Waals surface area contributed by atoms with E-state index in [2.05, 4.69) is 29.2 Å². The average Bonchev–Trinajstić information content (AvgIpc) is 2.55. The number of rotatable bonds is 7. The zero-order chi connectivity index (χ0) is 16.8. The first-order valence-corrected chi connectivity index (χ1v) is 7.93. The van der Waals surface area contributed by atoms with Gasteiger partial charge in [0.15, 0.2) is 11.6 Å². The van der Waals surface area contributed by atoms with Gasteiger partial charge < -0.3 is 15.4 Å². The van der Waals surface area contributed by atoms with Crippen LogP contribution in [0.15, 0.2) is 42.5 Å². The molecule has 4 heteroatoms. The minimum absolute atomic E-state index is 0.0883. The van der Waals surface area contributed by atoms with Crippen molar-refractivity contribution < 1.29 is 9.13 Å². The Morgan fingerprint density at radius 3 is 2.35 bits per heavy atom. The lowest BCUT2D eigenvalue weighted by Crippen LogP contribution is -2.15. The van der Waals surface area contributed by atoms with Crippen molar-refractivity contribution in [1.82, 2.24) is 0 Å². The minimum atomic E-state index is -0.328. The van der Waals surface area contributed by atoms with Gasteiger partial charge in [-0.25, -0.2) is 4.39 Å². The van der Waals surface area contributed by atoms with Gasteiger partial charge in [-0.15, -0.1) is 0 Å². The molecule has 2 rings (SSSR count). The SMILES string of the molecule is CCOc1ccc(C(CN)Cc2ccc(N(C)C)cc2)cc1F. The summed E-state index contributed by atoms with van der Waals surface area (Å²) in [7, 11) is 4.03. The van der Waals surface area contributed by atoms with Crippen molar-refractivity contribution in [2.45, 2.75) is 19.3 Å². The molecule has 0 heterocycles. The van der Waals surface area contributed by atoms with E-state index in [1.165, 1.54) is 11.6 Å². The fourth-order valence-corrected chi connectivity index (χ4v) is 2.60. The third kappa shape index (κ3) is 4.45. The maximum absolute atomic E-state index is 14.0. The van der Waals surface area contributed by atoms with Crippen LogP contribution in [0.1, 0.15) is 24.0 Å². The van der Waals surface area contributed by atoms with Gasteiger partial charge in [-0.3, -0.25) is 0 Å². The van der Waals surface area contributed by atoms with E-state index in [4.69, 9.17) is 10.5 Å². The first-order chi connectivity index (χ1) is 11.0. The van der Waals surface area contributed by atoms with Gasteiger partial charge in [0.1, 0.15) is 0 Å². The van der Waals surface area contributed by atoms with Crippen LogP contribution in [-0.4, -0.2) is 27.2 Å². The minimum Gasteiger partial charge on any atom is -0.491 e. The second-order valence-electron chi connectivity index (χ2n) is 5.82. The van der Waals surface area contributed by atoms with Crippen LogP contribution in [-0.2, 0) is 6.42 Å². The second-order valence-corrected chi connectivity index (χ2v) is 5.82. The summed E-state index contributed by atoms with van der Waals surface area (Å²) < 4.78 is 19.3. The molecule has 0 aliphatic rings. The van der Waals surface area contributed by atoms with Crippen molar-refractivity contribution in [3.8, 4) is 5.75 Å². The first kappa shape index (κ1) is 17.3. The molecule has 124 valence electrons. The number of nitrogens with zero attached hydrogens (tertiary/aromatic N) is 1. The summed E-state index contributed by atoms with van der Waals surface area (Å²) in [5.74, 6) is 0.0542. The standard InChI is InChI=1S/C19H25FN2O/c1-4-23-19-10-7-15(12-18(19)20)16(13-21)11-14-5-8-17(9-6-14)22(2)3/h5-10,12,16H,4,11,13,21H2,1-3H3. The molecule has 0 spiro atoms. The molecule has 0 aliphatic heterocycles. The van der Waals surface area contributed by atoms with Gasteiger partial charge >= 0.3 is 0 Å². The summed E-state index contributed by atoms with van der Waals surface area (Å²) in [6.45, 7) is 2.77. The first-order valence-electron chi connectivity index (χ1n) is 7.93. The highest BCUT2D eigenvalue weighted by atomic mass is 19.1. The van der Waals surface area contributed by atoms with Crippen molar-refractivity contribution >= 4 is 5.69 Å². The lowest BCUT2D eigenvalue weighted by molar-refractivity contribution is 0.321. The Morgan fingerprint density at radius 2 is 1.83 bits per heavy atom. The summed E-state index contributed by atoms with van der Waals surface area (Å²) in [5.41, 5.74) is 9.18. The van der Waals surface area contributed by atoms with Gasteiger partial charge in [0.2, 0.25) is 0 Å². The Kier molecular flexibility index (Phi) is 5.99. The van der Waals surface area contributed by atoms with Gasteiger partial charge in [0, 0.05) is 25.7 Å². The number of hydrogen-bond acceptors (Lipinski definition) is 3. The number of nitrogens with two attached hydrogens (primary N) is 1.